The van der Waals surface area contributed by atoms with Crippen LogP contribution in [0.1, 0.15) is 34.8 Å². The van der Waals surface area contributed by atoms with Crippen LogP contribution in [-0.4, -0.2) is 31.3 Å². The zero-order valence-electron chi connectivity index (χ0n) is 18.1. The molecule has 3 rings (SSSR count). The molecule has 9 heteroatoms. The minimum atomic E-state index is -3.82. The summed E-state index contributed by atoms with van der Waals surface area (Å²) in [5.74, 6) is 0.419. The van der Waals surface area contributed by atoms with Gasteiger partial charge in [-0.25, -0.2) is 18.5 Å². The molecule has 7 nitrogen and oxygen atoms in total. The molecule has 168 valence electrons. The second-order valence-corrected chi connectivity index (χ2v) is 9.88. The third kappa shape index (κ3) is 6.03. The summed E-state index contributed by atoms with van der Waals surface area (Å²) < 4.78 is 29.1. The van der Waals surface area contributed by atoms with E-state index in [2.05, 4.69) is 4.98 Å². The molecule has 0 radical (unpaired) electrons. The minimum absolute atomic E-state index is 0.0135. The Morgan fingerprint density at radius 3 is 2.69 bits per heavy atom. The standard InChI is InChI=1S/C23H25N3O4S2/c1-16(19-8-6-9-21(13-19)32(24,28)29)26(3)23(27)12-11-18-7-4-5-10-22(18)30-14-20-15-31-17(2)25-20/h4-13,15-16H,14H2,1-3H3,(H2,24,28,29)/b12-11+. The third-order valence-corrected chi connectivity index (χ3v) is 6.70. The molecule has 1 atom stereocenters. The summed E-state index contributed by atoms with van der Waals surface area (Å²) >= 11 is 1.57. The normalized spacial score (nSPS) is 12.6. The highest BCUT2D eigenvalue weighted by atomic mass is 32.2. The number of likely N-dealkylation sites (N-methyl/N-ethyl adjacent to an activating group) is 1. The van der Waals surface area contributed by atoms with Crippen LogP contribution in [0.2, 0.25) is 0 Å². The second kappa shape index (κ2) is 10.1. The van der Waals surface area contributed by atoms with Crippen molar-refractivity contribution in [3.05, 3.63) is 81.8 Å². The van der Waals surface area contributed by atoms with Crippen molar-refractivity contribution in [1.82, 2.24) is 9.88 Å². The lowest BCUT2D eigenvalue weighted by Gasteiger charge is -2.24. The molecule has 0 aliphatic carbocycles. The van der Waals surface area contributed by atoms with E-state index in [4.69, 9.17) is 9.88 Å². The van der Waals surface area contributed by atoms with Crippen molar-refractivity contribution in [2.45, 2.75) is 31.4 Å². The first-order chi connectivity index (χ1) is 15.1. The van der Waals surface area contributed by atoms with Crippen LogP contribution in [0.3, 0.4) is 0 Å². The monoisotopic (exact) mass is 471 g/mol. The van der Waals surface area contributed by atoms with Crippen molar-refractivity contribution in [2.75, 3.05) is 7.05 Å². The summed E-state index contributed by atoms with van der Waals surface area (Å²) in [6.07, 6.45) is 3.17. The number of hydrogen-bond donors (Lipinski definition) is 1. The Bertz CT molecular complexity index is 1240. The Morgan fingerprint density at radius 2 is 2.00 bits per heavy atom. The Kier molecular flexibility index (Phi) is 7.44. The van der Waals surface area contributed by atoms with Crippen molar-refractivity contribution >= 4 is 33.3 Å². The van der Waals surface area contributed by atoms with Gasteiger partial charge in [0.25, 0.3) is 0 Å². The van der Waals surface area contributed by atoms with Gasteiger partial charge in [-0.1, -0.05) is 30.3 Å². The van der Waals surface area contributed by atoms with Crippen LogP contribution in [0, 0.1) is 6.92 Å². The van der Waals surface area contributed by atoms with Crippen molar-refractivity contribution in [2.24, 2.45) is 5.14 Å². The Labute approximate surface area is 192 Å². The Balaban J connectivity index is 1.71. The molecule has 1 amide bonds. The highest BCUT2D eigenvalue weighted by molar-refractivity contribution is 7.89. The molecule has 0 aliphatic heterocycles. The lowest BCUT2D eigenvalue weighted by molar-refractivity contribution is -0.126. The van der Waals surface area contributed by atoms with Gasteiger partial charge in [-0.15, -0.1) is 11.3 Å². The Hall–Kier alpha value is -3.01. The van der Waals surface area contributed by atoms with Gasteiger partial charge < -0.3 is 9.64 Å². The molecule has 3 aromatic rings. The second-order valence-electron chi connectivity index (χ2n) is 7.26. The first-order valence-electron chi connectivity index (χ1n) is 9.85. The molecule has 2 aromatic carbocycles. The van der Waals surface area contributed by atoms with Gasteiger partial charge in [0, 0.05) is 24.1 Å². The number of sulfonamides is 1. The van der Waals surface area contributed by atoms with Crippen LogP contribution < -0.4 is 9.88 Å². The predicted octanol–water partition coefficient (Wildman–Crippen LogP) is 3.91. The van der Waals surface area contributed by atoms with Crippen molar-refractivity contribution in [1.29, 1.82) is 0 Å². The molecule has 32 heavy (non-hydrogen) atoms. The summed E-state index contributed by atoms with van der Waals surface area (Å²) in [4.78, 5) is 18.7. The van der Waals surface area contributed by atoms with Crippen LogP contribution in [0.4, 0.5) is 0 Å². The van der Waals surface area contributed by atoms with Crippen LogP contribution in [0.25, 0.3) is 6.08 Å². The molecule has 0 saturated heterocycles. The number of carbonyl (C=O) groups excluding carboxylic acids is 1. The summed E-state index contributed by atoms with van der Waals surface area (Å²) in [6.45, 7) is 4.11. The molecular formula is C23H25N3O4S2. The lowest BCUT2D eigenvalue weighted by Crippen LogP contribution is -2.28. The van der Waals surface area contributed by atoms with Crippen LogP contribution in [0.15, 0.2) is 64.9 Å². The fraction of sp³-hybridized carbons (Fsp3) is 0.217. The largest absolute Gasteiger partial charge is 0.487 e. The molecule has 0 aliphatic rings. The van der Waals surface area contributed by atoms with E-state index in [9.17, 15) is 13.2 Å². The minimum Gasteiger partial charge on any atom is -0.487 e. The average Bonchev–Trinajstić information content (AvgIpc) is 3.20. The maximum Gasteiger partial charge on any atom is 0.246 e. The topological polar surface area (TPSA) is 103 Å². The fourth-order valence-corrected chi connectivity index (χ4v) is 4.19. The van der Waals surface area contributed by atoms with E-state index in [-0.39, 0.29) is 16.8 Å². The Morgan fingerprint density at radius 1 is 1.25 bits per heavy atom. The van der Waals surface area contributed by atoms with E-state index >= 15 is 0 Å². The van der Waals surface area contributed by atoms with Gasteiger partial charge in [-0.05, 0) is 43.7 Å². The van der Waals surface area contributed by atoms with Gasteiger partial charge in [0.15, 0.2) is 0 Å². The number of primary sulfonamides is 1. The number of aromatic nitrogens is 1. The van der Waals surface area contributed by atoms with E-state index in [0.29, 0.717) is 17.9 Å². The highest BCUT2D eigenvalue weighted by Gasteiger charge is 2.18. The predicted molar refractivity (Wildman–Crippen MR) is 126 cm³/mol. The van der Waals surface area contributed by atoms with E-state index in [0.717, 1.165) is 16.3 Å². The van der Waals surface area contributed by atoms with E-state index in [1.165, 1.54) is 23.1 Å². The van der Waals surface area contributed by atoms with Gasteiger partial charge in [0.05, 0.1) is 21.6 Å². The fourth-order valence-electron chi connectivity index (χ4n) is 3.02. The SMILES string of the molecule is Cc1nc(COc2ccccc2/C=C/C(=O)N(C)C(C)c2cccc(S(N)(=O)=O)c2)cs1. The zero-order chi connectivity index (χ0) is 23.3. The summed E-state index contributed by atoms with van der Waals surface area (Å²) in [6, 6.07) is 13.4. The van der Waals surface area contributed by atoms with Gasteiger partial charge in [-0.2, -0.15) is 0 Å². The number of carbonyl (C=O) groups is 1. The van der Waals surface area contributed by atoms with Crippen molar-refractivity contribution in [3.63, 3.8) is 0 Å². The van der Waals surface area contributed by atoms with Gasteiger partial charge in [0.2, 0.25) is 15.9 Å². The first kappa shape index (κ1) is 23.6. The van der Waals surface area contributed by atoms with E-state index in [1.54, 1.807) is 36.6 Å². The molecule has 0 saturated carbocycles. The van der Waals surface area contributed by atoms with Gasteiger partial charge >= 0.3 is 0 Å². The zero-order valence-corrected chi connectivity index (χ0v) is 19.7. The number of aryl methyl sites for hydroxylation is 1. The third-order valence-electron chi connectivity index (χ3n) is 4.96. The number of amides is 1. The number of rotatable bonds is 8. The molecule has 1 aromatic heterocycles. The number of benzene rings is 2. The molecule has 2 N–H and O–H groups in total. The lowest BCUT2D eigenvalue weighted by atomic mass is 10.1. The quantitative estimate of drug-likeness (QED) is 0.502. The highest BCUT2D eigenvalue weighted by Crippen LogP contribution is 2.24. The van der Waals surface area contributed by atoms with Crippen molar-refractivity contribution in [3.8, 4) is 5.75 Å². The molecule has 1 unspecified atom stereocenters. The molecule has 1 heterocycles. The summed E-state index contributed by atoms with van der Waals surface area (Å²) in [5.41, 5.74) is 2.30. The van der Waals surface area contributed by atoms with Crippen LogP contribution in [0.5, 0.6) is 5.75 Å². The molecular weight excluding hydrogens is 446 g/mol. The number of thiazole rings is 1. The van der Waals surface area contributed by atoms with Crippen LogP contribution in [-0.2, 0) is 21.4 Å². The summed E-state index contributed by atoms with van der Waals surface area (Å²) in [5, 5.41) is 8.15. The first-order valence-corrected chi connectivity index (χ1v) is 12.3. The smallest absolute Gasteiger partial charge is 0.246 e. The number of para-hydroxylation sites is 1. The van der Waals surface area contributed by atoms with Crippen molar-refractivity contribution < 1.29 is 17.9 Å². The number of ether oxygens (including phenoxy) is 1. The van der Waals surface area contributed by atoms with E-state index < -0.39 is 10.0 Å². The molecule has 0 spiro atoms. The number of nitrogens with zero attached hydrogens (tertiary/aromatic N) is 2. The van der Waals surface area contributed by atoms with Crippen LogP contribution >= 0.6 is 11.3 Å². The van der Waals surface area contributed by atoms with Gasteiger partial charge in [0.1, 0.15) is 12.4 Å². The number of hydrogen-bond acceptors (Lipinski definition) is 6. The molecule has 0 fully saturated rings. The maximum absolute atomic E-state index is 12.8. The number of nitrogens with two attached hydrogens (primary N) is 1. The average molecular weight is 472 g/mol. The van der Waals surface area contributed by atoms with Gasteiger partial charge in [-0.3, -0.25) is 4.79 Å². The molecule has 0 bridgehead atoms. The van der Waals surface area contributed by atoms with E-state index in [1.807, 2.05) is 43.5 Å². The summed E-state index contributed by atoms with van der Waals surface area (Å²) in [7, 11) is -2.15. The maximum atomic E-state index is 12.8.